The fourth-order valence-corrected chi connectivity index (χ4v) is 1.22. The van der Waals surface area contributed by atoms with Gasteiger partial charge in [0.2, 0.25) is 0 Å². The summed E-state index contributed by atoms with van der Waals surface area (Å²) in [6.07, 6.45) is -7.46. The van der Waals surface area contributed by atoms with Crippen LogP contribution in [0.3, 0.4) is 0 Å². The van der Waals surface area contributed by atoms with Crippen molar-refractivity contribution in [2.45, 2.75) is 12.3 Å². The first-order valence-corrected chi connectivity index (χ1v) is 4.50. The largest absolute Gasteiger partial charge is 0.465 e. The lowest BCUT2D eigenvalue weighted by Gasteiger charge is -2.16. The molecule has 0 aliphatic carbocycles. The molecule has 0 fully saturated rings. The molecule has 17 heavy (non-hydrogen) atoms. The highest BCUT2D eigenvalue weighted by molar-refractivity contribution is 5.95. The molecule has 94 valence electrons. The minimum Gasteiger partial charge on any atom is -0.465 e. The third kappa shape index (κ3) is 2.88. The summed E-state index contributed by atoms with van der Waals surface area (Å²) in [5, 5.41) is 9.01. The zero-order valence-electron chi connectivity index (χ0n) is 8.78. The van der Waals surface area contributed by atoms with Crippen LogP contribution in [0, 0.1) is 0 Å². The molecule has 4 nitrogen and oxygen atoms in total. The molecular weight excluding hydrogens is 239 g/mol. The number of esters is 1. The summed E-state index contributed by atoms with van der Waals surface area (Å²) in [5.74, 6) is -0.862. The van der Waals surface area contributed by atoms with Crippen LogP contribution >= 0.6 is 0 Å². The maximum absolute atomic E-state index is 12.3. The van der Waals surface area contributed by atoms with Gasteiger partial charge in [0.25, 0.3) is 0 Å². The van der Waals surface area contributed by atoms with Gasteiger partial charge in [0, 0.05) is 5.69 Å². The lowest BCUT2D eigenvalue weighted by atomic mass is 10.0. The van der Waals surface area contributed by atoms with Gasteiger partial charge in [-0.15, -0.1) is 0 Å². The molecule has 7 heteroatoms. The van der Waals surface area contributed by atoms with E-state index in [1.165, 1.54) is 0 Å². The van der Waals surface area contributed by atoms with E-state index in [2.05, 4.69) is 4.74 Å². The fourth-order valence-electron chi connectivity index (χ4n) is 1.22. The van der Waals surface area contributed by atoms with E-state index >= 15 is 0 Å². The molecule has 0 heterocycles. The maximum atomic E-state index is 12.3. The summed E-state index contributed by atoms with van der Waals surface area (Å²) in [6, 6.07) is 2.97. The summed E-state index contributed by atoms with van der Waals surface area (Å²) in [6.45, 7) is 0. The number of alkyl halides is 3. The van der Waals surface area contributed by atoms with E-state index < -0.39 is 23.8 Å². The van der Waals surface area contributed by atoms with Gasteiger partial charge in [0.15, 0.2) is 6.10 Å². The number of anilines is 1. The Morgan fingerprint density at radius 2 is 2.06 bits per heavy atom. The fraction of sp³-hybridized carbons (Fsp3) is 0.300. The lowest BCUT2D eigenvalue weighted by molar-refractivity contribution is -0.206. The molecule has 1 rings (SSSR count). The molecule has 0 aromatic heterocycles. The Hall–Kier alpha value is -1.76. The highest BCUT2D eigenvalue weighted by atomic mass is 19.4. The molecule has 0 bridgehead atoms. The number of carbonyl (C=O) groups is 1. The minimum absolute atomic E-state index is 0.0185. The van der Waals surface area contributed by atoms with Gasteiger partial charge in [0.05, 0.1) is 12.7 Å². The predicted molar refractivity (Wildman–Crippen MR) is 53.2 cm³/mol. The number of benzene rings is 1. The summed E-state index contributed by atoms with van der Waals surface area (Å²) >= 11 is 0. The summed E-state index contributed by atoms with van der Waals surface area (Å²) in [7, 11) is 1.08. The average molecular weight is 249 g/mol. The number of carbonyl (C=O) groups excluding carboxylic acids is 1. The van der Waals surface area contributed by atoms with Crippen LogP contribution in [-0.4, -0.2) is 24.4 Å². The molecule has 1 aromatic rings. The number of hydrogen-bond donors (Lipinski definition) is 2. The van der Waals surface area contributed by atoms with Gasteiger partial charge in [-0.3, -0.25) is 0 Å². The second kappa shape index (κ2) is 4.62. The van der Waals surface area contributed by atoms with Crippen LogP contribution in [0.1, 0.15) is 22.0 Å². The lowest BCUT2D eigenvalue weighted by Crippen LogP contribution is -2.20. The summed E-state index contributed by atoms with van der Waals surface area (Å²) in [5.41, 5.74) is 4.71. The molecule has 0 saturated carbocycles. The maximum Gasteiger partial charge on any atom is 0.418 e. The number of aliphatic hydroxyl groups excluding tert-OH is 1. The number of halogens is 3. The standard InChI is InChI=1S/C10H10F3NO3/c1-17-9(16)6-4-5(2-3-7(6)14)8(15)10(11,12)13/h2-4,8,15H,14H2,1H3. The number of ether oxygens (including phenoxy) is 1. The Bertz CT molecular complexity index is 431. The number of nitrogen functional groups attached to an aromatic ring is 1. The molecule has 0 aliphatic rings. The monoisotopic (exact) mass is 249 g/mol. The molecule has 0 radical (unpaired) electrons. The minimum atomic E-state index is -4.80. The van der Waals surface area contributed by atoms with Crippen molar-refractivity contribution in [2.75, 3.05) is 12.8 Å². The molecule has 3 N–H and O–H groups in total. The van der Waals surface area contributed by atoms with Crippen molar-refractivity contribution >= 4 is 11.7 Å². The van der Waals surface area contributed by atoms with E-state index in [4.69, 9.17) is 10.8 Å². The van der Waals surface area contributed by atoms with Crippen molar-refractivity contribution in [3.63, 3.8) is 0 Å². The highest BCUT2D eigenvalue weighted by Gasteiger charge is 2.39. The quantitative estimate of drug-likeness (QED) is 0.617. The number of hydrogen-bond acceptors (Lipinski definition) is 4. The third-order valence-electron chi connectivity index (χ3n) is 2.11. The van der Waals surface area contributed by atoms with Crippen LogP contribution in [0.5, 0.6) is 0 Å². The van der Waals surface area contributed by atoms with Crippen molar-refractivity contribution in [2.24, 2.45) is 0 Å². The average Bonchev–Trinajstić information content (AvgIpc) is 2.26. The van der Waals surface area contributed by atoms with Gasteiger partial charge >= 0.3 is 12.1 Å². The summed E-state index contributed by atoms with van der Waals surface area (Å²) < 4.78 is 41.1. The van der Waals surface area contributed by atoms with Gasteiger partial charge in [-0.05, 0) is 17.7 Å². The Morgan fingerprint density at radius 1 is 1.47 bits per heavy atom. The van der Waals surface area contributed by atoms with Crippen molar-refractivity contribution in [1.29, 1.82) is 0 Å². The molecular formula is C10H10F3NO3. The van der Waals surface area contributed by atoms with Crippen molar-refractivity contribution in [3.8, 4) is 0 Å². The van der Waals surface area contributed by atoms with Gasteiger partial charge in [0.1, 0.15) is 0 Å². The van der Waals surface area contributed by atoms with Gasteiger partial charge < -0.3 is 15.6 Å². The topological polar surface area (TPSA) is 72.5 Å². The van der Waals surface area contributed by atoms with Crippen molar-refractivity contribution in [1.82, 2.24) is 0 Å². The molecule has 0 aliphatic heterocycles. The van der Waals surface area contributed by atoms with E-state index in [0.29, 0.717) is 0 Å². The second-order valence-electron chi connectivity index (χ2n) is 3.28. The van der Waals surface area contributed by atoms with Gasteiger partial charge in [-0.1, -0.05) is 6.07 Å². The molecule has 0 amide bonds. The van der Waals surface area contributed by atoms with Crippen molar-refractivity contribution in [3.05, 3.63) is 29.3 Å². The number of nitrogens with two attached hydrogens (primary N) is 1. The highest BCUT2D eigenvalue weighted by Crippen LogP contribution is 2.33. The van der Waals surface area contributed by atoms with E-state index in [1.54, 1.807) is 0 Å². The Balaban J connectivity index is 3.17. The van der Waals surface area contributed by atoms with Crippen LogP contribution < -0.4 is 5.73 Å². The third-order valence-corrected chi connectivity index (χ3v) is 2.11. The predicted octanol–water partition coefficient (Wildman–Crippen LogP) is 1.65. The molecule has 0 spiro atoms. The van der Waals surface area contributed by atoms with Crippen LogP contribution in [0.15, 0.2) is 18.2 Å². The van der Waals surface area contributed by atoms with Crippen molar-refractivity contribution < 1.29 is 27.8 Å². The number of methoxy groups -OCH3 is 1. The Labute approximate surface area is 94.8 Å². The number of aliphatic hydroxyl groups is 1. The number of rotatable bonds is 2. The Morgan fingerprint density at radius 3 is 2.53 bits per heavy atom. The SMILES string of the molecule is COC(=O)c1cc(C(O)C(F)(F)F)ccc1N. The van der Waals surface area contributed by atoms with Gasteiger partial charge in [-0.25, -0.2) is 4.79 Å². The van der Waals surface area contributed by atoms with E-state index in [-0.39, 0.29) is 11.3 Å². The molecule has 1 aromatic carbocycles. The van der Waals surface area contributed by atoms with Crippen LogP contribution in [-0.2, 0) is 4.74 Å². The molecule has 0 saturated heterocycles. The van der Waals surface area contributed by atoms with Gasteiger partial charge in [-0.2, -0.15) is 13.2 Å². The van der Waals surface area contributed by atoms with E-state index in [0.717, 1.165) is 25.3 Å². The first-order valence-electron chi connectivity index (χ1n) is 4.50. The van der Waals surface area contributed by atoms with Crippen LogP contribution in [0.25, 0.3) is 0 Å². The van der Waals surface area contributed by atoms with E-state index in [1.807, 2.05) is 0 Å². The second-order valence-corrected chi connectivity index (χ2v) is 3.28. The molecule has 1 unspecified atom stereocenters. The first-order chi connectivity index (χ1) is 7.77. The first kappa shape index (κ1) is 13.3. The summed E-state index contributed by atoms with van der Waals surface area (Å²) in [4.78, 5) is 11.2. The van der Waals surface area contributed by atoms with Crippen LogP contribution in [0.4, 0.5) is 18.9 Å². The smallest absolute Gasteiger partial charge is 0.418 e. The molecule has 1 atom stereocenters. The normalized spacial score (nSPS) is 13.2. The van der Waals surface area contributed by atoms with E-state index in [9.17, 15) is 18.0 Å². The Kier molecular flexibility index (Phi) is 3.62. The zero-order chi connectivity index (χ0) is 13.2. The van der Waals surface area contributed by atoms with Crippen LogP contribution in [0.2, 0.25) is 0 Å². The zero-order valence-corrected chi connectivity index (χ0v) is 8.78.